The third-order valence-corrected chi connectivity index (χ3v) is 9.97. The van der Waals surface area contributed by atoms with Gasteiger partial charge in [0.1, 0.15) is 0 Å². The molecule has 2 amide bonds. The maximum Gasteiger partial charge on any atom is 0.264 e. The van der Waals surface area contributed by atoms with Crippen LogP contribution in [0.25, 0.3) is 0 Å². The highest BCUT2D eigenvalue weighted by molar-refractivity contribution is 6.71. The molecule has 8 nitrogen and oxygen atoms in total. The van der Waals surface area contributed by atoms with Crippen molar-refractivity contribution in [3.8, 4) is 0 Å². The van der Waals surface area contributed by atoms with E-state index in [1.807, 2.05) is 38.2 Å². The molecule has 0 aliphatic carbocycles. The molecular weight excluding hydrogens is 426 g/mol. The molecule has 1 unspecified atom stereocenters. The molecule has 3 aliphatic heterocycles. The number of nitrogens with one attached hydrogen (secondary N) is 2. The molecule has 2 fully saturated rings. The van der Waals surface area contributed by atoms with Crippen LogP contribution in [0.15, 0.2) is 18.2 Å². The van der Waals surface area contributed by atoms with Gasteiger partial charge in [-0.3, -0.25) is 9.59 Å². The van der Waals surface area contributed by atoms with E-state index >= 15 is 0 Å². The summed E-state index contributed by atoms with van der Waals surface area (Å²) in [6.45, 7) is 7.22. The number of anilines is 2. The summed E-state index contributed by atoms with van der Waals surface area (Å²) >= 11 is 0. The number of aliphatic hydroxyl groups excluding tert-OH is 1. The number of hydrogen-bond donors (Lipinski definition) is 4. The lowest BCUT2D eigenvalue weighted by Crippen LogP contribution is -2.45. The van der Waals surface area contributed by atoms with Crippen LogP contribution >= 0.6 is 0 Å². The minimum atomic E-state index is -2.70. The SMILES string of the molecule is C[C@@H]1[C@@H]([Si](C)(C)O)[C@H](CCO)O[C@@]12C(=O)N(C)c1ccc(NC(=O)C3CCCNC3)cc12. The van der Waals surface area contributed by atoms with Gasteiger partial charge in [0.2, 0.25) is 5.91 Å². The number of piperidine rings is 1. The summed E-state index contributed by atoms with van der Waals surface area (Å²) in [6, 6.07) is 5.53. The predicted molar refractivity (Wildman–Crippen MR) is 125 cm³/mol. The molecule has 2 saturated heterocycles. The zero-order valence-corrected chi connectivity index (χ0v) is 20.4. The fraction of sp³-hybridized carbons (Fsp3) is 0.652. The number of hydrogen-bond acceptors (Lipinski definition) is 6. The number of carbonyl (C=O) groups excluding carboxylic acids is 2. The summed E-state index contributed by atoms with van der Waals surface area (Å²) in [7, 11) is -0.970. The number of aliphatic hydroxyl groups is 1. The van der Waals surface area contributed by atoms with Crippen LogP contribution in [-0.2, 0) is 19.9 Å². The standard InChI is InChI=1S/C23H35N3O5Si/c1-14-20(32(3,4)30)19(9-11-27)31-23(14)17-12-16(7-8-18(17)26(2)22(23)29)25-21(28)15-6-5-10-24-13-15/h7-8,12,14-15,19-20,24,27,30H,5-6,9-11,13H2,1-4H3,(H,25,28)/t14-,15?,19+,20-,23+/m1/s1. The molecule has 1 aromatic rings. The first-order valence-electron chi connectivity index (χ1n) is 11.6. The number of benzene rings is 1. The molecule has 3 heterocycles. The maximum absolute atomic E-state index is 13.6. The Balaban J connectivity index is 1.71. The van der Waals surface area contributed by atoms with Crippen LogP contribution in [0, 0.1) is 11.8 Å². The van der Waals surface area contributed by atoms with Crippen LogP contribution in [0.5, 0.6) is 0 Å². The molecule has 5 atom stereocenters. The smallest absolute Gasteiger partial charge is 0.264 e. The number of rotatable bonds is 5. The summed E-state index contributed by atoms with van der Waals surface area (Å²) in [5, 5.41) is 15.9. The minimum Gasteiger partial charge on any atom is -0.432 e. The molecule has 9 heteroatoms. The van der Waals surface area contributed by atoms with Crippen molar-refractivity contribution >= 4 is 31.5 Å². The van der Waals surface area contributed by atoms with Crippen molar-refractivity contribution in [2.45, 2.75) is 56.5 Å². The highest BCUT2D eigenvalue weighted by Crippen LogP contribution is 2.59. The van der Waals surface area contributed by atoms with Gasteiger partial charge in [0.05, 0.1) is 17.7 Å². The number of amides is 2. The van der Waals surface area contributed by atoms with Crippen LogP contribution in [0.3, 0.4) is 0 Å². The highest BCUT2D eigenvalue weighted by Gasteiger charge is 2.65. The normalized spacial score (nSPS) is 32.4. The molecular formula is C23H35N3O5Si. The topological polar surface area (TPSA) is 111 Å². The zero-order chi connectivity index (χ0) is 23.3. The van der Waals surface area contributed by atoms with E-state index in [1.165, 1.54) is 0 Å². The van der Waals surface area contributed by atoms with E-state index < -0.39 is 20.0 Å². The van der Waals surface area contributed by atoms with E-state index in [0.717, 1.165) is 30.6 Å². The van der Waals surface area contributed by atoms with Crippen molar-refractivity contribution in [2.75, 3.05) is 37.0 Å². The van der Waals surface area contributed by atoms with E-state index in [2.05, 4.69) is 10.6 Å². The van der Waals surface area contributed by atoms with Crippen LogP contribution < -0.4 is 15.5 Å². The monoisotopic (exact) mass is 461 g/mol. The maximum atomic E-state index is 13.6. The lowest BCUT2D eigenvalue weighted by molar-refractivity contribution is -0.146. The Morgan fingerprint density at radius 1 is 1.41 bits per heavy atom. The van der Waals surface area contributed by atoms with Crippen molar-refractivity contribution < 1.29 is 24.2 Å². The van der Waals surface area contributed by atoms with Gasteiger partial charge in [0, 0.05) is 42.9 Å². The molecule has 0 bridgehead atoms. The van der Waals surface area contributed by atoms with Crippen molar-refractivity contribution in [3.63, 3.8) is 0 Å². The van der Waals surface area contributed by atoms with Crippen LogP contribution in [-0.4, -0.2) is 62.9 Å². The van der Waals surface area contributed by atoms with Crippen molar-refractivity contribution in [1.29, 1.82) is 0 Å². The number of ether oxygens (including phenoxy) is 1. The fourth-order valence-electron chi connectivity index (χ4n) is 5.98. The summed E-state index contributed by atoms with van der Waals surface area (Å²) in [5.74, 6) is -0.528. The Hall–Kier alpha value is -1.78. The van der Waals surface area contributed by atoms with Gasteiger partial charge in [-0.25, -0.2) is 0 Å². The summed E-state index contributed by atoms with van der Waals surface area (Å²) in [6.07, 6.45) is 1.79. The largest absolute Gasteiger partial charge is 0.432 e. The van der Waals surface area contributed by atoms with Crippen molar-refractivity contribution in [2.24, 2.45) is 11.8 Å². The summed E-state index contributed by atoms with van der Waals surface area (Å²) < 4.78 is 6.49. The van der Waals surface area contributed by atoms with Gasteiger partial charge in [-0.2, -0.15) is 0 Å². The third-order valence-electron chi connectivity index (χ3n) is 7.46. The van der Waals surface area contributed by atoms with Gasteiger partial charge in [-0.15, -0.1) is 0 Å². The quantitative estimate of drug-likeness (QED) is 0.498. The van der Waals surface area contributed by atoms with Gasteiger partial charge in [0.15, 0.2) is 13.9 Å². The van der Waals surface area contributed by atoms with Gasteiger partial charge < -0.3 is 30.2 Å². The Kier molecular flexibility index (Phi) is 6.23. The first kappa shape index (κ1) is 23.4. The number of nitrogens with zero attached hydrogens (tertiary/aromatic N) is 1. The second kappa shape index (κ2) is 8.53. The first-order valence-corrected chi connectivity index (χ1v) is 14.6. The Morgan fingerprint density at radius 3 is 2.78 bits per heavy atom. The molecule has 3 aliphatic rings. The Labute approximate surface area is 190 Å². The van der Waals surface area contributed by atoms with Crippen LogP contribution in [0.2, 0.25) is 18.6 Å². The van der Waals surface area contributed by atoms with Crippen LogP contribution in [0.1, 0.15) is 31.7 Å². The van der Waals surface area contributed by atoms with Gasteiger partial charge >= 0.3 is 0 Å². The average Bonchev–Trinajstić information content (AvgIpc) is 3.16. The molecule has 32 heavy (non-hydrogen) atoms. The molecule has 1 spiro atoms. The number of fused-ring (bicyclic) bond motifs is 2. The summed E-state index contributed by atoms with van der Waals surface area (Å²) in [5.41, 5.74) is 0.680. The van der Waals surface area contributed by atoms with Gasteiger partial charge in [-0.05, 0) is 57.1 Å². The molecule has 0 aromatic heterocycles. The fourth-order valence-corrected chi connectivity index (χ4v) is 8.58. The second-order valence-corrected chi connectivity index (χ2v) is 14.0. The van der Waals surface area contributed by atoms with E-state index in [1.54, 1.807) is 11.9 Å². The Morgan fingerprint density at radius 2 is 2.16 bits per heavy atom. The van der Waals surface area contributed by atoms with Crippen molar-refractivity contribution in [3.05, 3.63) is 23.8 Å². The molecule has 4 rings (SSSR count). The van der Waals surface area contributed by atoms with E-state index in [9.17, 15) is 19.5 Å². The zero-order valence-electron chi connectivity index (χ0n) is 19.4. The molecule has 4 N–H and O–H groups in total. The lowest BCUT2D eigenvalue weighted by atomic mass is 9.82. The minimum absolute atomic E-state index is 0.0239. The number of carbonyl (C=O) groups is 2. The van der Waals surface area contributed by atoms with E-state index in [4.69, 9.17) is 4.74 Å². The Bertz CT molecular complexity index is 898. The van der Waals surface area contributed by atoms with E-state index in [0.29, 0.717) is 18.7 Å². The van der Waals surface area contributed by atoms with Gasteiger partial charge in [0.25, 0.3) is 5.91 Å². The molecule has 0 radical (unpaired) electrons. The average molecular weight is 462 g/mol. The molecule has 1 aromatic carbocycles. The van der Waals surface area contributed by atoms with Crippen molar-refractivity contribution in [1.82, 2.24) is 5.32 Å². The first-order chi connectivity index (χ1) is 15.1. The third kappa shape index (κ3) is 3.69. The van der Waals surface area contributed by atoms with Crippen LogP contribution in [0.4, 0.5) is 11.4 Å². The molecule has 176 valence electrons. The van der Waals surface area contributed by atoms with E-state index in [-0.39, 0.29) is 35.8 Å². The van der Waals surface area contributed by atoms with Gasteiger partial charge in [-0.1, -0.05) is 6.92 Å². The lowest BCUT2D eigenvalue weighted by Gasteiger charge is -2.32. The predicted octanol–water partition coefficient (Wildman–Crippen LogP) is 1.78. The summed E-state index contributed by atoms with van der Waals surface area (Å²) in [4.78, 5) is 39.0. The number of likely N-dealkylation sites (N-methyl/N-ethyl adjacent to an activating group) is 1. The second-order valence-electron chi connectivity index (χ2n) is 10.0. The molecule has 0 saturated carbocycles. The highest BCUT2D eigenvalue weighted by atomic mass is 28.4.